The minimum atomic E-state index is 0.116. The molecule has 1 aliphatic rings. The van der Waals surface area contributed by atoms with Gasteiger partial charge in [-0.3, -0.25) is 4.79 Å². The first-order valence-corrected chi connectivity index (χ1v) is 3.37. The van der Waals surface area contributed by atoms with Crippen molar-refractivity contribution >= 4 is 13.4 Å². The van der Waals surface area contributed by atoms with Crippen molar-refractivity contribution in [3.8, 4) is 0 Å². The molecule has 0 saturated carbocycles. The van der Waals surface area contributed by atoms with E-state index in [-0.39, 0.29) is 12.6 Å². The van der Waals surface area contributed by atoms with Gasteiger partial charge in [0.1, 0.15) is 0 Å². The van der Waals surface area contributed by atoms with Crippen molar-refractivity contribution in [1.82, 2.24) is 5.32 Å². The van der Waals surface area contributed by atoms with E-state index in [1.807, 2.05) is 0 Å². The molecule has 1 rings (SSSR count). The van der Waals surface area contributed by atoms with Crippen LogP contribution in [0.3, 0.4) is 0 Å². The van der Waals surface area contributed by atoms with E-state index in [4.69, 9.17) is 10.4 Å². The molecule has 1 atom stereocenters. The first kappa shape index (κ1) is 7.56. The second-order valence-corrected chi connectivity index (χ2v) is 2.41. The van der Waals surface area contributed by atoms with Gasteiger partial charge in [0, 0.05) is 13.0 Å². The van der Waals surface area contributed by atoms with Crippen LogP contribution in [0.5, 0.6) is 0 Å². The summed E-state index contributed by atoms with van der Waals surface area (Å²) in [5.41, 5.74) is 5.11. The molecule has 1 unspecified atom stereocenters. The Morgan fingerprint density at radius 3 is 3.20 bits per heavy atom. The van der Waals surface area contributed by atoms with E-state index in [0.29, 0.717) is 19.7 Å². The second-order valence-electron chi connectivity index (χ2n) is 2.41. The van der Waals surface area contributed by atoms with Crippen molar-refractivity contribution in [2.24, 2.45) is 5.73 Å². The molecule has 0 aromatic carbocycles. The van der Waals surface area contributed by atoms with Crippen LogP contribution in [0.1, 0.15) is 6.42 Å². The third-order valence-corrected chi connectivity index (χ3v) is 1.53. The first-order chi connectivity index (χ1) is 4.83. The zero-order chi connectivity index (χ0) is 7.40. The average molecular weight is 142 g/mol. The van der Waals surface area contributed by atoms with Crippen molar-refractivity contribution in [3.63, 3.8) is 0 Å². The van der Waals surface area contributed by atoms with Crippen molar-refractivity contribution in [2.75, 3.05) is 13.3 Å². The lowest BCUT2D eigenvalue weighted by Crippen LogP contribution is -2.16. The summed E-state index contributed by atoms with van der Waals surface area (Å²) in [4.78, 5) is 10.6. The van der Waals surface area contributed by atoms with Gasteiger partial charge in [-0.15, -0.1) is 0 Å². The summed E-state index contributed by atoms with van der Waals surface area (Å²) in [6, 6.07) is 0. The lowest BCUT2D eigenvalue weighted by molar-refractivity contribution is -0.119. The van der Waals surface area contributed by atoms with Crippen LogP contribution >= 0.6 is 0 Å². The average Bonchev–Trinajstić information content (AvgIpc) is 2.31. The Labute approximate surface area is 60.4 Å². The maximum Gasteiger partial charge on any atom is 0.282 e. The predicted molar refractivity (Wildman–Crippen MR) is 38.7 cm³/mol. The van der Waals surface area contributed by atoms with Gasteiger partial charge < -0.3 is 15.7 Å². The highest BCUT2D eigenvalue weighted by atomic mass is 16.4. The number of nitrogens with one attached hydrogen (secondary N) is 1. The lowest BCUT2D eigenvalue weighted by Gasteiger charge is -2.02. The lowest BCUT2D eigenvalue weighted by atomic mass is 9.79. The Morgan fingerprint density at radius 2 is 2.70 bits per heavy atom. The smallest absolute Gasteiger partial charge is 0.282 e. The van der Waals surface area contributed by atoms with Gasteiger partial charge >= 0.3 is 0 Å². The van der Waals surface area contributed by atoms with E-state index in [2.05, 4.69) is 5.32 Å². The number of hydrogen-bond donors (Lipinski definition) is 2. The van der Waals surface area contributed by atoms with Gasteiger partial charge in [0.15, 0.2) is 0 Å². The molecule has 1 heterocycles. The van der Waals surface area contributed by atoms with Crippen LogP contribution in [0.4, 0.5) is 0 Å². The van der Waals surface area contributed by atoms with Crippen LogP contribution in [0.15, 0.2) is 0 Å². The fraction of sp³-hybridized carbons (Fsp3) is 0.800. The van der Waals surface area contributed by atoms with Gasteiger partial charge in [-0.2, -0.15) is 0 Å². The molecular weight excluding hydrogens is 131 g/mol. The van der Waals surface area contributed by atoms with Gasteiger partial charge in [-0.05, 0) is 5.82 Å². The standard InChI is InChI=1S/C5H11BN2O2/c7-3-10-6-4-1-5(9)8-2-4/h4,6H,1-3,7H2,(H,8,9). The van der Waals surface area contributed by atoms with Crippen LogP contribution < -0.4 is 11.1 Å². The summed E-state index contributed by atoms with van der Waals surface area (Å²) < 4.78 is 4.95. The summed E-state index contributed by atoms with van der Waals surface area (Å²) in [5.74, 6) is 0.446. The van der Waals surface area contributed by atoms with Crippen molar-refractivity contribution in [2.45, 2.75) is 12.2 Å². The molecule has 0 bridgehead atoms. The molecule has 1 aliphatic heterocycles. The number of amides is 1. The molecule has 1 fully saturated rings. The number of rotatable bonds is 3. The highest BCUT2D eigenvalue weighted by Crippen LogP contribution is 2.13. The van der Waals surface area contributed by atoms with Crippen molar-refractivity contribution in [1.29, 1.82) is 0 Å². The van der Waals surface area contributed by atoms with Crippen LogP contribution in [0.2, 0.25) is 5.82 Å². The summed E-state index contributed by atoms with van der Waals surface area (Å²) in [7, 11) is 0.593. The molecule has 3 N–H and O–H groups in total. The Bertz CT molecular complexity index is 131. The summed E-state index contributed by atoms with van der Waals surface area (Å²) in [6.07, 6.45) is 0.583. The molecule has 5 heteroatoms. The minimum absolute atomic E-state index is 0.116. The Morgan fingerprint density at radius 1 is 1.90 bits per heavy atom. The molecule has 0 radical (unpaired) electrons. The van der Waals surface area contributed by atoms with Gasteiger partial charge in [-0.25, -0.2) is 0 Å². The quantitative estimate of drug-likeness (QED) is 0.375. The summed E-state index contributed by atoms with van der Waals surface area (Å²) >= 11 is 0. The van der Waals surface area contributed by atoms with Crippen LogP contribution in [0.25, 0.3) is 0 Å². The zero-order valence-corrected chi connectivity index (χ0v) is 5.80. The molecule has 10 heavy (non-hydrogen) atoms. The molecule has 1 amide bonds. The van der Waals surface area contributed by atoms with E-state index < -0.39 is 0 Å². The Balaban J connectivity index is 2.12. The van der Waals surface area contributed by atoms with Gasteiger partial charge in [0.2, 0.25) is 5.91 Å². The number of carbonyl (C=O) groups is 1. The SMILES string of the molecule is NCOBC1CNC(=O)C1. The maximum absolute atomic E-state index is 10.6. The third kappa shape index (κ3) is 2.00. The van der Waals surface area contributed by atoms with Crippen molar-refractivity contribution in [3.05, 3.63) is 0 Å². The first-order valence-electron chi connectivity index (χ1n) is 3.37. The fourth-order valence-corrected chi connectivity index (χ4v) is 1.02. The fourth-order valence-electron chi connectivity index (χ4n) is 1.02. The summed E-state index contributed by atoms with van der Waals surface area (Å²) in [6.45, 7) is 0.976. The molecule has 0 aromatic rings. The normalized spacial score (nSPS) is 24.5. The number of nitrogens with two attached hydrogens (primary N) is 1. The second kappa shape index (κ2) is 3.58. The van der Waals surface area contributed by atoms with E-state index >= 15 is 0 Å². The van der Waals surface area contributed by atoms with E-state index in [1.54, 1.807) is 0 Å². The Hall–Kier alpha value is -0.545. The van der Waals surface area contributed by atoms with E-state index in [9.17, 15) is 4.79 Å². The largest absolute Gasteiger partial charge is 0.427 e. The predicted octanol–water partition coefficient (Wildman–Crippen LogP) is -1.42. The zero-order valence-electron chi connectivity index (χ0n) is 5.80. The van der Waals surface area contributed by atoms with E-state index in [1.165, 1.54) is 0 Å². The molecule has 0 aliphatic carbocycles. The summed E-state index contributed by atoms with van der Waals surface area (Å²) in [5, 5.41) is 2.72. The molecular formula is C5H11BN2O2. The highest BCUT2D eigenvalue weighted by molar-refractivity contribution is 6.31. The number of hydrogen-bond acceptors (Lipinski definition) is 3. The molecule has 56 valence electrons. The van der Waals surface area contributed by atoms with Crippen molar-refractivity contribution < 1.29 is 9.45 Å². The molecule has 0 spiro atoms. The number of carbonyl (C=O) groups excluding carboxylic acids is 1. The Kier molecular flexibility index (Phi) is 2.71. The maximum atomic E-state index is 10.6. The highest BCUT2D eigenvalue weighted by Gasteiger charge is 2.22. The van der Waals surface area contributed by atoms with Gasteiger partial charge in [0.05, 0.1) is 6.73 Å². The monoisotopic (exact) mass is 142 g/mol. The van der Waals surface area contributed by atoms with Crippen LogP contribution in [-0.4, -0.2) is 26.7 Å². The third-order valence-electron chi connectivity index (χ3n) is 1.53. The van der Waals surface area contributed by atoms with E-state index in [0.717, 1.165) is 6.54 Å². The molecule has 1 saturated heterocycles. The van der Waals surface area contributed by atoms with Gasteiger partial charge in [0.25, 0.3) is 7.48 Å². The van der Waals surface area contributed by atoms with Gasteiger partial charge in [-0.1, -0.05) is 0 Å². The minimum Gasteiger partial charge on any atom is -0.427 e. The topological polar surface area (TPSA) is 64.3 Å². The van der Waals surface area contributed by atoms with Crippen LogP contribution in [-0.2, 0) is 9.45 Å². The van der Waals surface area contributed by atoms with Crippen LogP contribution in [0, 0.1) is 0 Å². The molecule has 4 nitrogen and oxygen atoms in total. The molecule has 0 aromatic heterocycles.